The maximum absolute atomic E-state index is 13.1. The van der Waals surface area contributed by atoms with E-state index in [-0.39, 0.29) is 17.8 Å². The van der Waals surface area contributed by atoms with Crippen LogP contribution in [0.4, 0.5) is 10.1 Å². The summed E-state index contributed by atoms with van der Waals surface area (Å²) < 4.78 is 13.1. The van der Waals surface area contributed by atoms with Crippen molar-refractivity contribution in [1.29, 1.82) is 5.26 Å². The molecular formula is C23H24FN5O. The van der Waals surface area contributed by atoms with Crippen LogP contribution in [0.3, 0.4) is 0 Å². The highest BCUT2D eigenvalue weighted by molar-refractivity contribution is 5.94. The number of aryl methyl sites for hydroxylation is 1. The Morgan fingerprint density at radius 2 is 2.03 bits per heavy atom. The number of aromatic nitrogens is 2. The maximum atomic E-state index is 13.1. The van der Waals surface area contributed by atoms with E-state index in [1.807, 2.05) is 24.9 Å². The Kier molecular flexibility index (Phi) is 6.94. The number of hydrogen-bond donors (Lipinski definition) is 2. The highest BCUT2D eigenvalue weighted by atomic mass is 19.1. The van der Waals surface area contributed by atoms with Gasteiger partial charge in [0.05, 0.1) is 23.4 Å². The molecule has 1 heterocycles. The minimum absolute atomic E-state index is 0.118. The van der Waals surface area contributed by atoms with Crippen LogP contribution in [-0.4, -0.2) is 40.6 Å². The minimum atomic E-state index is -0.313. The Hall–Kier alpha value is -3.50. The van der Waals surface area contributed by atoms with Crippen molar-refractivity contribution >= 4 is 11.6 Å². The predicted octanol–water partition coefficient (Wildman–Crippen LogP) is 3.98. The van der Waals surface area contributed by atoms with Crippen LogP contribution in [0.2, 0.25) is 0 Å². The van der Waals surface area contributed by atoms with Crippen molar-refractivity contribution in [2.45, 2.75) is 25.8 Å². The number of nitrogens with zero attached hydrogens (tertiary/aromatic N) is 3. The van der Waals surface area contributed by atoms with Crippen molar-refractivity contribution in [1.82, 2.24) is 15.1 Å². The number of nitriles is 1. The Labute approximate surface area is 175 Å². The molecule has 1 unspecified atom stereocenters. The summed E-state index contributed by atoms with van der Waals surface area (Å²) in [4.78, 5) is 14.5. The Morgan fingerprint density at radius 1 is 1.27 bits per heavy atom. The first-order valence-corrected chi connectivity index (χ1v) is 9.78. The number of rotatable bonds is 8. The van der Waals surface area contributed by atoms with Gasteiger partial charge >= 0.3 is 0 Å². The van der Waals surface area contributed by atoms with Crippen molar-refractivity contribution < 1.29 is 9.18 Å². The zero-order chi connectivity index (χ0) is 21.5. The molecule has 1 aromatic heterocycles. The van der Waals surface area contributed by atoms with Crippen molar-refractivity contribution in [2.24, 2.45) is 0 Å². The number of nitrogens with one attached hydrogen (secondary N) is 2. The van der Waals surface area contributed by atoms with Crippen LogP contribution in [0.1, 0.15) is 24.6 Å². The molecule has 1 amide bonds. The molecule has 6 nitrogen and oxygen atoms in total. The third-order valence-corrected chi connectivity index (χ3v) is 5.03. The molecule has 30 heavy (non-hydrogen) atoms. The molecule has 7 heteroatoms. The van der Waals surface area contributed by atoms with Gasteiger partial charge in [-0.05, 0) is 81.9 Å². The van der Waals surface area contributed by atoms with Crippen LogP contribution in [0, 0.1) is 17.1 Å². The Morgan fingerprint density at radius 3 is 2.77 bits per heavy atom. The highest BCUT2D eigenvalue weighted by Gasteiger charge is 2.18. The van der Waals surface area contributed by atoms with E-state index < -0.39 is 0 Å². The van der Waals surface area contributed by atoms with Gasteiger partial charge < -0.3 is 5.32 Å². The zero-order valence-corrected chi connectivity index (χ0v) is 17.0. The summed E-state index contributed by atoms with van der Waals surface area (Å²) in [6.45, 7) is 2.59. The van der Waals surface area contributed by atoms with Gasteiger partial charge in [-0.15, -0.1) is 0 Å². The van der Waals surface area contributed by atoms with Crippen LogP contribution in [0.5, 0.6) is 0 Å². The van der Waals surface area contributed by atoms with E-state index in [2.05, 4.69) is 21.6 Å². The SMILES string of the molecule is CC(C(=O)Nc1cccc(C#N)c1)N(C)CCCc1cc(-c2ccc(F)cc2)n[nH]1. The summed E-state index contributed by atoms with van der Waals surface area (Å²) in [6.07, 6.45) is 1.64. The van der Waals surface area contributed by atoms with E-state index in [0.717, 1.165) is 36.3 Å². The van der Waals surface area contributed by atoms with E-state index in [1.54, 1.807) is 36.4 Å². The van der Waals surface area contributed by atoms with Crippen molar-refractivity contribution in [3.8, 4) is 17.3 Å². The first-order valence-electron chi connectivity index (χ1n) is 9.78. The van der Waals surface area contributed by atoms with E-state index in [9.17, 15) is 9.18 Å². The summed E-state index contributed by atoms with van der Waals surface area (Å²) in [6, 6.07) is 16.8. The second-order valence-electron chi connectivity index (χ2n) is 7.23. The molecular weight excluding hydrogens is 381 g/mol. The smallest absolute Gasteiger partial charge is 0.241 e. The number of carbonyl (C=O) groups is 1. The van der Waals surface area contributed by atoms with Gasteiger partial charge in [0.1, 0.15) is 5.82 Å². The molecule has 154 valence electrons. The lowest BCUT2D eigenvalue weighted by Gasteiger charge is -2.23. The van der Waals surface area contributed by atoms with Crippen LogP contribution in [0.25, 0.3) is 11.3 Å². The number of amides is 1. The van der Waals surface area contributed by atoms with Crippen LogP contribution in [-0.2, 0) is 11.2 Å². The van der Waals surface area contributed by atoms with E-state index in [4.69, 9.17) is 5.26 Å². The minimum Gasteiger partial charge on any atom is -0.325 e. The van der Waals surface area contributed by atoms with Gasteiger partial charge in [0.2, 0.25) is 5.91 Å². The molecule has 0 bridgehead atoms. The van der Waals surface area contributed by atoms with E-state index in [1.165, 1.54) is 12.1 Å². The second kappa shape index (κ2) is 9.81. The van der Waals surface area contributed by atoms with Gasteiger partial charge in [-0.25, -0.2) is 4.39 Å². The number of aromatic amines is 1. The number of anilines is 1. The highest BCUT2D eigenvalue weighted by Crippen LogP contribution is 2.18. The number of carbonyl (C=O) groups excluding carboxylic acids is 1. The van der Waals surface area contributed by atoms with Crippen molar-refractivity contribution in [2.75, 3.05) is 18.9 Å². The van der Waals surface area contributed by atoms with Gasteiger partial charge in [-0.3, -0.25) is 14.8 Å². The van der Waals surface area contributed by atoms with Gasteiger partial charge in [0.25, 0.3) is 0 Å². The fourth-order valence-corrected chi connectivity index (χ4v) is 3.08. The largest absolute Gasteiger partial charge is 0.325 e. The first kappa shape index (κ1) is 21.2. The molecule has 0 aliphatic heterocycles. The molecule has 0 spiro atoms. The average Bonchev–Trinajstić information content (AvgIpc) is 3.22. The van der Waals surface area contributed by atoms with Crippen molar-refractivity contribution in [3.05, 3.63) is 71.7 Å². The predicted molar refractivity (Wildman–Crippen MR) is 114 cm³/mol. The monoisotopic (exact) mass is 405 g/mol. The second-order valence-corrected chi connectivity index (χ2v) is 7.23. The number of H-pyrrole nitrogens is 1. The van der Waals surface area contributed by atoms with Gasteiger partial charge in [-0.2, -0.15) is 10.4 Å². The van der Waals surface area contributed by atoms with Crippen molar-refractivity contribution in [3.63, 3.8) is 0 Å². The topological polar surface area (TPSA) is 84.8 Å². The summed E-state index contributed by atoms with van der Waals surface area (Å²) in [7, 11) is 1.91. The van der Waals surface area contributed by atoms with E-state index >= 15 is 0 Å². The third-order valence-electron chi connectivity index (χ3n) is 5.03. The lowest BCUT2D eigenvalue weighted by Crippen LogP contribution is -2.40. The fourth-order valence-electron chi connectivity index (χ4n) is 3.08. The summed E-state index contributed by atoms with van der Waals surface area (Å²) in [5.41, 5.74) is 3.76. The molecule has 0 saturated carbocycles. The van der Waals surface area contributed by atoms with Crippen LogP contribution in [0.15, 0.2) is 54.6 Å². The van der Waals surface area contributed by atoms with Crippen LogP contribution < -0.4 is 5.32 Å². The molecule has 0 radical (unpaired) electrons. The molecule has 1 atom stereocenters. The lowest BCUT2D eigenvalue weighted by atomic mass is 10.1. The third kappa shape index (κ3) is 5.52. The normalized spacial score (nSPS) is 11.8. The standard InChI is InChI=1S/C23H24FN5O/c1-16(23(30)26-20-6-3-5-17(13-20)15-25)29(2)12-4-7-21-14-22(28-27-21)18-8-10-19(24)11-9-18/h3,5-6,8-11,13-14,16H,4,7,12H2,1-2H3,(H,26,30)(H,27,28). The summed E-state index contributed by atoms with van der Waals surface area (Å²) in [5, 5.41) is 19.1. The molecule has 3 rings (SSSR count). The lowest BCUT2D eigenvalue weighted by molar-refractivity contribution is -0.120. The number of likely N-dealkylation sites (N-methyl/N-ethyl adjacent to an activating group) is 1. The van der Waals surface area contributed by atoms with Gasteiger partial charge in [0, 0.05) is 16.9 Å². The zero-order valence-electron chi connectivity index (χ0n) is 17.0. The molecule has 0 saturated heterocycles. The number of benzene rings is 2. The summed E-state index contributed by atoms with van der Waals surface area (Å²) in [5.74, 6) is -0.388. The fraction of sp³-hybridized carbons (Fsp3) is 0.261. The van der Waals surface area contributed by atoms with Gasteiger partial charge in [0.15, 0.2) is 0 Å². The molecule has 3 aromatic rings. The molecule has 2 aromatic carbocycles. The maximum Gasteiger partial charge on any atom is 0.241 e. The van der Waals surface area contributed by atoms with Gasteiger partial charge in [-0.1, -0.05) is 6.07 Å². The first-order chi connectivity index (χ1) is 14.5. The summed E-state index contributed by atoms with van der Waals surface area (Å²) >= 11 is 0. The Balaban J connectivity index is 1.48. The Bertz CT molecular complexity index is 1040. The number of hydrogen-bond acceptors (Lipinski definition) is 4. The molecule has 0 fully saturated rings. The molecule has 0 aliphatic carbocycles. The van der Waals surface area contributed by atoms with E-state index in [0.29, 0.717) is 11.3 Å². The average molecular weight is 405 g/mol. The molecule has 2 N–H and O–H groups in total. The quantitative estimate of drug-likeness (QED) is 0.594. The molecule has 0 aliphatic rings. The van der Waals surface area contributed by atoms with Crippen LogP contribution >= 0.6 is 0 Å². The number of halogens is 1.